The summed E-state index contributed by atoms with van der Waals surface area (Å²) in [7, 11) is 1.85. The Balaban J connectivity index is 2.04. The van der Waals surface area contributed by atoms with Crippen molar-refractivity contribution >= 4 is 5.71 Å². The highest BCUT2D eigenvalue weighted by Crippen LogP contribution is 2.33. The van der Waals surface area contributed by atoms with Gasteiger partial charge in [-0.1, -0.05) is 25.0 Å². The third-order valence-electron chi connectivity index (χ3n) is 3.10. The third kappa shape index (κ3) is 2.70. The largest absolute Gasteiger partial charge is 0.292 e. The van der Waals surface area contributed by atoms with E-state index in [9.17, 15) is 0 Å². The van der Waals surface area contributed by atoms with Gasteiger partial charge in [-0.3, -0.25) is 4.99 Å². The van der Waals surface area contributed by atoms with Gasteiger partial charge in [0, 0.05) is 12.8 Å². The molecule has 0 unspecified atom stereocenters. The van der Waals surface area contributed by atoms with E-state index in [2.05, 4.69) is 11.1 Å². The molecule has 1 fully saturated rings. The average Bonchev–Trinajstić information content (AvgIpc) is 3.15. The van der Waals surface area contributed by atoms with Gasteiger partial charge in [0.2, 0.25) is 0 Å². The first kappa shape index (κ1) is 10.9. The zero-order valence-electron chi connectivity index (χ0n) is 9.61. The molecular weight excluding hydrogens is 196 g/mol. The molecule has 2 heteroatoms. The lowest BCUT2D eigenvalue weighted by atomic mass is 10.0. The van der Waals surface area contributed by atoms with E-state index >= 15 is 0 Å². The molecule has 1 saturated carbocycles. The SMILES string of the molecule is CN=C(CCC1CC1)c1ccc(C#N)cc1. The Kier molecular flexibility index (Phi) is 3.36. The average molecular weight is 212 g/mol. The first-order chi connectivity index (χ1) is 7.83. The van der Waals surface area contributed by atoms with Crippen molar-refractivity contribution in [2.24, 2.45) is 10.9 Å². The van der Waals surface area contributed by atoms with Gasteiger partial charge in [0.1, 0.15) is 0 Å². The molecule has 0 aliphatic heterocycles. The van der Waals surface area contributed by atoms with Crippen molar-refractivity contribution < 1.29 is 0 Å². The van der Waals surface area contributed by atoms with Crippen molar-refractivity contribution in [3.05, 3.63) is 35.4 Å². The smallest absolute Gasteiger partial charge is 0.0991 e. The van der Waals surface area contributed by atoms with Gasteiger partial charge in [0.15, 0.2) is 0 Å². The van der Waals surface area contributed by atoms with Crippen LogP contribution < -0.4 is 0 Å². The van der Waals surface area contributed by atoms with Crippen molar-refractivity contribution in [2.75, 3.05) is 7.05 Å². The summed E-state index contributed by atoms with van der Waals surface area (Å²) < 4.78 is 0. The molecule has 0 saturated heterocycles. The minimum absolute atomic E-state index is 0.710. The number of nitriles is 1. The maximum atomic E-state index is 8.73. The summed E-state index contributed by atoms with van der Waals surface area (Å²) in [5, 5.41) is 8.73. The molecule has 2 nitrogen and oxygen atoms in total. The Morgan fingerprint density at radius 2 is 2.06 bits per heavy atom. The number of benzene rings is 1. The fraction of sp³-hybridized carbons (Fsp3) is 0.429. The van der Waals surface area contributed by atoms with Gasteiger partial charge in [0.25, 0.3) is 0 Å². The van der Waals surface area contributed by atoms with Gasteiger partial charge in [-0.25, -0.2) is 0 Å². The zero-order chi connectivity index (χ0) is 11.4. The van der Waals surface area contributed by atoms with Crippen molar-refractivity contribution in [3.63, 3.8) is 0 Å². The first-order valence-corrected chi connectivity index (χ1v) is 5.79. The van der Waals surface area contributed by atoms with Gasteiger partial charge in [-0.15, -0.1) is 0 Å². The maximum Gasteiger partial charge on any atom is 0.0991 e. The number of hydrogen-bond acceptors (Lipinski definition) is 2. The number of aliphatic imine (C=N–C) groups is 1. The van der Waals surface area contributed by atoms with Crippen LogP contribution in [0.2, 0.25) is 0 Å². The van der Waals surface area contributed by atoms with Crippen LogP contribution in [0.1, 0.15) is 36.8 Å². The normalized spacial score (nSPS) is 15.9. The molecule has 2 rings (SSSR count). The third-order valence-corrected chi connectivity index (χ3v) is 3.10. The zero-order valence-corrected chi connectivity index (χ0v) is 9.61. The fourth-order valence-corrected chi connectivity index (χ4v) is 1.87. The molecule has 0 radical (unpaired) electrons. The molecule has 0 bridgehead atoms. The van der Waals surface area contributed by atoms with E-state index in [-0.39, 0.29) is 0 Å². The Labute approximate surface area is 96.6 Å². The summed E-state index contributed by atoms with van der Waals surface area (Å²) in [6, 6.07) is 9.84. The standard InChI is InChI=1S/C14H16N2/c1-16-14(9-6-11-2-3-11)13-7-4-12(10-15)5-8-13/h4-5,7-8,11H,2-3,6,9H2,1H3. The molecule has 1 aromatic carbocycles. The van der Waals surface area contributed by atoms with Gasteiger partial charge < -0.3 is 0 Å². The van der Waals surface area contributed by atoms with E-state index in [0.717, 1.165) is 23.6 Å². The summed E-state index contributed by atoms with van der Waals surface area (Å²) >= 11 is 0. The van der Waals surface area contributed by atoms with E-state index < -0.39 is 0 Å². The van der Waals surface area contributed by atoms with E-state index in [4.69, 9.17) is 5.26 Å². The summed E-state index contributed by atoms with van der Waals surface area (Å²) in [6.07, 6.45) is 5.11. The van der Waals surface area contributed by atoms with Gasteiger partial charge in [-0.05, 0) is 36.5 Å². The second kappa shape index (κ2) is 4.94. The van der Waals surface area contributed by atoms with E-state index in [0.29, 0.717) is 5.56 Å². The van der Waals surface area contributed by atoms with Crippen molar-refractivity contribution in [2.45, 2.75) is 25.7 Å². The molecule has 16 heavy (non-hydrogen) atoms. The second-order valence-electron chi connectivity index (χ2n) is 4.34. The van der Waals surface area contributed by atoms with Crippen LogP contribution >= 0.6 is 0 Å². The molecule has 82 valence electrons. The predicted octanol–water partition coefficient (Wildman–Crippen LogP) is 3.17. The van der Waals surface area contributed by atoms with Crippen molar-refractivity contribution in [1.29, 1.82) is 5.26 Å². The molecule has 0 N–H and O–H groups in total. The van der Waals surface area contributed by atoms with Gasteiger partial charge >= 0.3 is 0 Å². The molecule has 0 spiro atoms. The lowest BCUT2D eigenvalue weighted by Gasteiger charge is -2.05. The predicted molar refractivity (Wildman–Crippen MR) is 65.6 cm³/mol. The van der Waals surface area contributed by atoms with E-state index in [1.54, 1.807) is 0 Å². The Hall–Kier alpha value is -1.62. The molecule has 1 aromatic rings. The lowest BCUT2D eigenvalue weighted by molar-refractivity contribution is 0.758. The van der Waals surface area contributed by atoms with Gasteiger partial charge in [0.05, 0.1) is 11.6 Å². The quantitative estimate of drug-likeness (QED) is 0.706. The molecule has 0 amide bonds. The van der Waals surface area contributed by atoms with Crippen LogP contribution in [0, 0.1) is 17.2 Å². The highest BCUT2D eigenvalue weighted by Gasteiger charge is 2.21. The van der Waals surface area contributed by atoms with Crippen LogP contribution in [0.5, 0.6) is 0 Å². The molecule has 0 atom stereocenters. The molecular formula is C14H16N2. The number of nitrogens with zero attached hydrogens (tertiary/aromatic N) is 2. The summed E-state index contributed by atoms with van der Waals surface area (Å²) in [5.41, 5.74) is 3.03. The monoisotopic (exact) mass is 212 g/mol. The molecule has 0 aromatic heterocycles. The summed E-state index contributed by atoms with van der Waals surface area (Å²) in [5.74, 6) is 0.940. The van der Waals surface area contributed by atoms with E-state index in [1.165, 1.54) is 19.3 Å². The number of rotatable bonds is 4. The van der Waals surface area contributed by atoms with Crippen LogP contribution in [0.3, 0.4) is 0 Å². The minimum atomic E-state index is 0.710. The van der Waals surface area contributed by atoms with Crippen LogP contribution in [-0.2, 0) is 0 Å². The summed E-state index contributed by atoms with van der Waals surface area (Å²) in [6.45, 7) is 0. The first-order valence-electron chi connectivity index (χ1n) is 5.79. The van der Waals surface area contributed by atoms with Crippen molar-refractivity contribution in [1.82, 2.24) is 0 Å². The Bertz CT molecular complexity index is 419. The lowest BCUT2D eigenvalue weighted by Crippen LogP contribution is -2.01. The van der Waals surface area contributed by atoms with Crippen LogP contribution in [0.15, 0.2) is 29.3 Å². The summed E-state index contributed by atoms with van der Waals surface area (Å²) in [4.78, 5) is 4.35. The highest BCUT2D eigenvalue weighted by atomic mass is 14.7. The molecule has 0 heterocycles. The highest BCUT2D eigenvalue weighted by molar-refractivity contribution is 6.00. The second-order valence-corrected chi connectivity index (χ2v) is 4.34. The molecule has 1 aliphatic carbocycles. The van der Waals surface area contributed by atoms with Crippen LogP contribution in [-0.4, -0.2) is 12.8 Å². The van der Waals surface area contributed by atoms with Crippen molar-refractivity contribution in [3.8, 4) is 6.07 Å². The minimum Gasteiger partial charge on any atom is -0.292 e. The maximum absolute atomic E-state index is 8.73. The van der Waals surface area contributed by atoms with E-state index in [1.807, 2.05) is 31.3 Å². The van der Waals surface area contributed by atoms with Crippen LogP contribution in [0.25, 0.3) is 0 Å². The number of hydrogen-bond donors (Lipinski definition) is 0. The Morgan fingerprint density at radius 1 is 1.38 bits per heavy atom. The van der Waals surface area contributed by atoms with Gasteiger partial charge in [-0.2, -0.15) is 5.26 Å². The van der Waals surface area contributed by atoms with Crippen LogP contribution in [0.4, 0.5) is 0 Å². The fourth-order valence-electron chi connectivity index (χ4n) is 1.87. The topological polar surface area (TPSA) is 36.1 Å². The molecule has 1 aliphatic rings. The Morgan fingerprint density at radius 3 is 2.56 bits per heavy atom.